The van der Waals surface area contributed by atoms with Gasteiger partial charge in [0, 0.05) is 18.3 Å². The lowest BCUT2D eigenvalue weighted by Gasteiger charge is -2.04. The Kier molecular flexibility index (Phi) is 3.73. The molecule has 0 saturated heterocycles. The zero-order chi connectivity index (χ0) is 14.7. The Morgan fingerprint density at radius 3 is 2.67 bits per heavy atom. The molecule has 3 aromatic rings. The van der Waals surface area contributed by atoms with Crippen LogP contribution >= 0.6 is 0 Å². The molecular weight excluding hydrogens is 262 g/mol. The molecule has 2 heterocycles. The molecule has 1 aromatic carbocycles. The van der Waals surface area contributed by atoms with Gasteiger partial charge >= 0.3 is 0 Å². The Morgan fingerprint density at radius 1 is 1.14 bits per heavy atom. The van der Waals surface area contributed by atoms with E-state index in [1.807, 2.05) is 42.9 Å². The minimum Gasteiger partial charge on any atom is -0.378 e. The minimum absolute atomic E-state index is 0.746. The normalized spacial score (nSPS) is 10.8. The van der Waals surface area contributed by atoms with E-state index in [4.69, 9.17) is 0 Å². The van der Waals surface area contributed by atoms with Gasteiger partial charge in [-0.15, -0.1) is 0 Å². The van der Waals surface area contributed by atoms with E-state index in [-0.39, 0.29) is 0 Å². The Labute approximate surface area is 124 Å². The number of anilines is 1. The van der Waals surface area contributed by atoms with Gasteiger partial charge in [0.1, 0.15) is 0 Å². The van der Waals surface area contributed by atoms with Gasteiger partial charge < -0.3 is 5.32 Å². The standard InChI is InChI=1S/C16H19N5/c1-12-16(13(2)20-19-12)17-8-15-9-18-21(11-15)10-14-6-4-3-5-7-14/h3-7,9,11,17H,8,10H2,1-2H3,(H,19,20). The molecule has 0 fully saturated rings. The van der Waals surface area contributed by atoms with Crippen molar-refractivity contribution in [2.75, 3.05) is 5.32 Å². The lowest BCUT2D eigenvalue weighted by molar-refractivity contribution is 0.686. The van der Waals surface area contributed by atoms with E-state index in [0.29, 0.717) is 0 Å². The largest absolute Gasteiger partial charge is 0.378 e. The van der Waals surface area contributed by atoms with Crippen LogP contribution in [0.3, 0.4) is 0 Å². The van der Waals surface area contributed by atoms with Crippen LogP contribution in [0.25, 0.3) is 0 Å². The number of hydrogen-bond donors (Lipinski definition) is 2. The van der Waals surface area contributed by atoms with Crippen LogP contribution < -0.4 is 5.32 Å². The summed E-state index contributed by atoms with van der Waals surface area (Å²) in [5.41, 5.74) is 5.53. The molecule has 2 aromatic heterocycles. The molecule has 0 amide bonds. The van der Waals surface area contributed by atoms with E-state index >= 15 is 0 Å². The smallest absolute Gasteiger partial charge is 0.0825 e. The quantitative estimate of drug-likeness (QED) is 0.756. The number of benzene rings is 1. The fourth-order valence-corrected chi connectivity index (χ4v) is 2.36. The highest BCUT2D eigenvalue weighted by molar-refractivity contribution is 5.51. The molecule has 0 bridgehead atoms. The number of hydrogen-bond acceptors (Lipinski definition) is 3. The number of aromatic nitrogens is 4. The van der Waals surface area contributed by atoms with Crippen molar-refractivity contribution in [1.29, 1.82) is 0 Å². The fraction of sp³-hybridized carbons (Fsp3) is 0.250. The van der Waals surface area contributed by atoms with Crippen LogP contribution in [0.5, 0.6) is 0 Å². The second kappa shape index (κ2) is 5.83. The maximum absolute atomic E-state index is 4.41. The van der Waals surface area contributed by atoms with E-state index in [0.717, 1.165) is 35.7 Å². The monoisotopic (exact) mass is 281 g/mol. The van der Waals surface area contributed by atoms with Crippen molar-refractivity contribution >= 4 is 5.69 Å². The maximum atomic E-state index is 4.41. The zero-order valence-corrected chi connectivity index (χ0v) is 12.3. The van der Waals surface area contributed by atoms with Crippen molar-refractivity contribution in [3.8, 4) is 0 Å². The average molecular weight is 281 g/mol. The lowest BCUT2D eigenvalue weighted by atomic mass is 10.2. The van der Waals surface area contributed by atoms with Gasteiger partial charge in [0.25, 0.3) is 0 Å². The predicted octanol–water partition coefficient (Wildman–Crippen LogP) is 2.88. The van der Waals surface area contributed by atoms with Crippen LogP contribution in [0.4, 0.5) is 5.69 Å². The van der Waals surface area contributed by atoms with E-state index in [1.54, 1.807) is 0 Å². The molecule has 0 saturated carbocycles. The molecule has 0 unspecified atom stereocenters. The van der Waals surface area contributed by atoms with Gasteiger partial charge in [-0.1, -0.05) is 30.3 Å². The molecule has 0 aliphatic carbocycles. The molecule has 5 nitrogen and oxygen atoms in total. The molecule has 0 atom stereocenters. The van der Waals surface area contributed by atoms with Crippen LogP contribution in [0.15, 0.2) is 42.7 Å². The lowest BCUT2D eigenvalue weighted by Crippen LogP contribution is -2.01. The Morgan fingerprint density at radius 2 is 1.95 bits per heavy atom. The Bertz CT molecular complexity index is 692. The number of aromatic amines is 1. The summed E-state index contributed by atoms with van der Waals surface area (Å²) in [6.45, 7) is 5.55. The van der Waals surface area contributed by atoms with Crippen LogP contribution in [0, 0.1) is 13.8 Å². The van der Waals surface area contributed by atoms with Crippen molar-refractivity contribution in [1.82, 2.24) is 20.0 Å². The van der Waals surface area contributed by atoms with Crippen LogP contribution in [-0.4, -0.2) is 20.0 Å². The molecule has 0 aliphatic heterocycles. The van der Waals surface area contributed by atoms with Gasteiger partial charge in [-0.25, -0.2) is 0 Å². The molecule has 108 valence electrons. The number of aryl methyl sites for hydroxylation is 2. The highest BCUT2D eigenvalue weighted by Crippen LogP contribution is 2.17. The molecule has 3 rings (SSSR count). The number of nitrogens with zero attached hydrogens (tertiary/aromatic N) is 3. The fourth-order valence-electron chi connectivity index (χ4n) is 2.36. The van der Waals surface area contributed by atoms with E-state index in [9.17, 15) is 0 Å². The average Bonchev–Trinajstić information content (AvgIpc) is 3.06. The third kappa shape index (κ3) is 3.13. The summed E-state index contributed by atoms with van der Waals surface area (Å²) in [5.74, 6) is 0. The second-order valence-corrected chi connectivity index (χ2v) is 5.19. The third-order valence-corrected chi connectivity index (χ3v) is 3.47. The van der Waals surface area contributed by atoms with Crippen molar-refractivity contribution in [2.24, 2.45) is 0 Å². The summed E-state index contributed by atoms with van der Waals surface area (Å²) in [4.78, 5) is 0. The predicted molar refractivity (Wildman–Crippen MR) is 83.2 cm³/mol. The maximum Gasteiger partial charge on any atom is 0.0825 e. The van der Waals surface area contributed by atoms with Crippen LogP contribution in [0.2, 0.25) is 0 Å². The highest BCUT2D eigenvalue weighted by Gasteiger charge is 2.06. The van der Waals surface area contributed by atoms with Gasteiger partial charge in [0.15, 0.2) is 0 Å². The SMILES string of the molecule is Cc1n[nH]c(C)c1NCc1cnn(Cc2ccccc2)c1. The zero-order valence-electron chi connectivity index (χ0n) is 12.3. The van der Waals surface area contributed by atoms with E-state index < -0.39 is 0 Å². The van der Waals surface area contributed by atoms with Gasteiger partial charge in [0.05, 0.1) is 29.8 Å². The number of H-pyrrole nitrogens is 1. The highest BCUT2D eigenvalue weighted by atomic mass is 15.3. The number of rotatable bonds is 5. The van der Waals surface area contributed by atoms with E-state index in [2.05, 4.69) is 38.9 Å². The molecule has 0 spiro atoms. The van der Waals surface area contributed by atoms with Crippen molar-refractivity contribution < 1.29 is 0 Å². The first-order valence-corrected chi connectivity index (χ1v) is 7.03. The Balaban J connectivity index is 1.63. The molecule has 2 N–H and O–H groups in total. The van der Waals surface area contributed by atoms with Gasteiger partial charge in [-0.05, 0) is 19.4 Å². The summed E-state index contributed by atoms with van der Waals surface area (Å²) in [6, 6.07) is 10.3. The number of nitrogens with one attached hydrogen (secondary N) is 2. The van der Waals surface area contributed by atoms with Gasteiger partial charge in [-0.2, -0.15) is 10.2 Å². The molecule has 0 aliphatic rings. The summed E-state index contributed by atoms with van der Waals surface area (Å²) < 4.78 is 1.96. The first-order valence-electron chi connectivity index (χ1n) is 7.03. The van der Waals surface area contributed by atoms with Crippen LogP contribution in [0.1, 0.15) is 22.5 Å². The molecule has 21 heavy (non-hydrogen) atoms. The molecule has 0 radical (unpaired) electrons. The third-order valence-electron chi connectivity index (χ3n) is 3.47. The summed E-state index contributed by atoms with van der Waals surface area (Å²) in [6.07, 6.45) is 3.98. The van der Waals surface area contributed by atoms with Crippen molar-refractivity contribution in [3.05, 3.63) is 65.2 Å². The second-order valence-electron chi connectivity index (χ2n) is 5.19. The molecule has 5 heteroatoms. The first-order chi connectivity index (χ1) is 10.2. The van der Waals surface area contributed by atoms with Crippen molar-refractivity contribution in [2.45, 2.75) is 26.9 Å². The molecular formula is C16H19N5. The summed E-state index contributed by atoms with van der Waals surface area (Å²) >= 11 is 0. The first kappa shape index (κ1) is 13.4. The summed E-state index contributed by atoms with van der Waals surface area (Å²) in [5, 5.41) is 15.0. The summed E-state index contributed by atoms with van der Waals surface area (Å²) in [7, 11) is 0. The Hall–Kier alpha value is -2.56. The topological polar surface area (TPSA) is 58.5 Å². The van der Waals surface area contributed by atoms with E-state index in [1.165, 1.54) is 5.56 Å². The van der Waals surface area contributed by atoms with Crippen molar-refractivity contribution in [3.63, 3.8) is 0 Å². The van der Waals surface area contributed by atoms with Crippen LogP contribution in [-0.2, 0) is 13.1 Å². The van der Waals surface area contributed by atoms with Gasteiger partial charge in [-0.3, -0.25) is 9.78 Å². The minimum atomic E-state index is 0.746. The van der Waals surface area contributed by atoms with Gasteiger partial charge in [0.2, 0.25) is 0 Å².